The van der Waals surface area contributed by atoms with Gasteiger partial charge in [-0.25, -0.2) is 4.57 Å². The zero-order valence-corrected chi connectivity index (χ0v) is 46.4. The molecule has 0 rings (SSSR count). The number of aliphatic hydroxyl groups is 1. The quantitative estimate of drug-likeness (QED) is 0.0243. The van der Waals surface area contributed by atoms with Gasteiger partial charge < -0.3 is 19.8 Å². The van der Waals surface area contributed by atoms with Crippen molar-refractivity contribution in [1.29, 1.82) is 0 Å². The number of likely N-dealkylation sites (N-methyl/N-ethyl adjacent to an activating group) is 1. The van der Waals surface area contributed by atoms with Gasteiger partial charge in [0.15, 0.2) is 0 Å². The zero-order chi connectivity index (χ0) is 51.3. The second-order valence-corrected chi connectivity index (χ2v) is 21.0. The largest absolute Gasteiger partial charge is 0.472 e. The Labute approximate surface area is 431 Å². The third-order valence-electron chi connectivity index (χ3n) is 11.7. The monoisotopic (exact) mass is 994 g/mol. The number of phosphoric ester groups is 1. The van der Waals surface area contributed by atoms with Gasteiger partial charge in [-0.3, -0.25) is 13.8 Å². The summed E-state index contributed by atoms with van der Waals surface area (Å²) in [6, 6.07) is -0.853. The Hall–Kier alpha value is -3.10. The number of carbonyl (C=O) groups is 1. The number of allylic oxidation sites excluding steroid dienone is 19. The van der Waals surface area contributed by atoms with Crippen LogP contribution in [0.5, 0.6) is 0 Å². The van der Waals surface area contributed by atoms with Crippen LogP contribution in [0.4, 0.5) is 0 Å². The predicted molar refractivity (Wildman–Crippen MR) is 304 cm³/mol. The van der Waals surface area contributed by atoms with E-state index in [9.17, 15) is 19.4 Å². The van der Waals surface area contributed by atoms with Gasteiger partial charge in [0.1, 0.15) is 13.2 Å². The number of aliphatic hydroxyl groups excluding tert-OH is 1. The van der Waals surface area contributed by atoms with Crippen LogP contribution in [0.25, 0.3) is 0 Å². The van der Waals surface area contributed by atoms with Gasteiger partial charge in [0, 0.05) is 6.42 Å². The van der Waals surface area contributed by atoms with Crippen LogP contribution < -0.4 is 5.32 Å². The highest BCUT2D eigenvalue weighted by molar-refractivity contribution is 7.47. The summed E-state index contributed by atoms with van der Waals surface area (Å²) in [5, 5.41) is 13.8. The van der Waals surface area contributed by atoms with Gasteiger partial charge in [0.05, 0.1) is 39.9 Å². The number of nitrogens with one attached hydrogen (secondary N) is 1. The van der Waals surface area contributed by atoms with Crippen molar-refractivity contribution in [2.45, 2.75) is 219 Å². The van der Waals surface area contributed by atoms with Gasteiger partial charge >= 0.3 is 7.82 Å². The van der Waals surface area contributed by atoms with Gasteiger partial charge in [-0.2, -0.15) is 0 Å². The Morgan fingerprint density at radius 1 is 0.500 bits per heavy atom. The molecule has 0 aliphatic heterocycles. The highest BCUT2D eigenvalue weighted by Crippen LogP contribution is 2.43. The molecule has 0 aromatic carbocycles. The van der Waals surface area contributed by atoms with Crippen molar-refractivity contribution in [3.05, 3.63) is 122 Å². The van der Waals surface area contributed by atoms with Crippen molar-refractivity contribution in [2.24, 2.45) is 0 Å². The first-order valence-electron chi connectivity index (χ1n) is 27.9. The molecule has 400 valence electrons. The van der Waals surface area contributed by atoms with E-state index in [1.165, 1.54) is 89.9 Å². The van der Waals surface area contributed by atoms with E-state index in [0.717, 1.165) is 96.3 Å². The number of amides is 1. The van der Waals surface area contributed by atoms with Gasteiger partial charge in [-0.05, 0) is 89.9 Å². The van der Waals surface area contributed by atoms with Crippen molar-refractivity contribution in [3.8, 4) is 0 Å². The maximum Gasteiger partial charge on any atom is 0.472 e. The summed E-state index contributed by atoms with van der Waals surface area (Å²) in [7, 11) is 1.55. The summed E-state index contributed by atoms with van der Waals surface area (Å²) < 4.78 is 23.6. The Morgan fingerprint density at radius 2 is 0.857 bits per heavy atom. The van der Waals surface area contributed by atoms with Crippen LogP contribution in [-0.2, 0) is 18.4 Å². The highest BCUT2D eigenvalue weighted by atomic mass is 31.2. The van der Waals surface area contributed by atoms with Gasteiger partial charge in [0.2, 0.25) is 5.91 Å². The molecule has 1 amide bonds. The lowest BCUT2D eigenvalue weighted by molar-refractivity contribution is -0.870. The summed E-state index contributed by atoms with van der Waals surface area (Å²) in [6.07, 6.45) is 76.0. The fourth-order valence-electron chi connectivity index (χ4n) is 7.33. The molecule has 0 aromatic rings. The number of quaternary nitrogens is 1. The third kappa shape index (κ3) is 52.7. The Morgan fingerprint density at radius 3 is 1.26 bits per heavy atom. The average molecular weight is 995 g/mol. The fraction of sp³-hybridized carbons (Fsp3) is 0.656. The molecule has 70 heavy (non-hydrogen) atoms. The molecule has 0 aliphatic carbocycles. The van der Waals surface area contributed by atoms with E-state index in [1.807, 2.05) is 27.2 Å². The molecule has 0 heterocycles. The van der Waals surface area contributed by atoms with Crippen LogP contribution in [0.1, 0.15) is 206 Å². The standard InChI is InChI=1S/C61H105N2O6P/c1-6-8-10-12-14-16-17-18-19-20-21-22-23-24-25-26-27-28-29-30-31-32-33-34-35-36-37-38-39-40-41-42-43-44-45-47-49-51-53-55-61(65)62-59(58-69-70(66,67)68-57-56-63(3,4)5)60(64)54-52-50-48-46-15-13-11-9-7-2/h8,10,14,16,18-19,21-22,24-25,27-28,30-31,33-34,36-37,52,54,59-60,64H,6-7,9,11-13,15,17,20,23,26,29,32,35,38-51,53,55-58H2,1-5H3,(H-,62,65,66,67)/p+1/b10-8-,16-14-,19-18-,22-21-,25-24-,28-27-,31-30-,34-33-,37-36-,54-52+. The summed E-state index contributed by atoms with van der Waals surface area (Å²) in [5.74, 6) is -0.188. The normalized spacial score (nSPS) is 14.9. The number of carbonyl (C=O) groups excluding carboxylic acids is 1. The molecule has 0 bridgehead atoms. The maximum atomic E-state index is 12.9. The molecule has 0 saturated carbocycles. The van der Waals surface area contributed by atoms with Crippen LogP contribution in [-0.4, -0.2) is 73.4 Å². The molecule has 3 N–H and O–H groups in total. The zero-order valence-electron chi connectivity index (χ0n) is 45.5. The van der Waals surface area contributed by atoms with Crippen LogP contribution >= 0.6 is 7.82 Å². The molecule has 3 unspecified atom stereocenters. The van der Waals surface area contributed by atoms with Crippen molar-refractivity contribution >= 4 is 13.7 Å². The molecule has 0 aliphatic rings. The molecule has 9 heteroatoms. The Balaban J connectivity index is 4.02. The van der Waals surface area contributed by atoms with E-state index in [2.05, 4.69) is 129 Å². The number of unbranched alkanes of at least 4 members (excludes halogenated alkanes) is 18. The maximum absolute atomic E-state index is 12.9. The summed E-state index contributed by atoms with van der Waals surface area (Å²) in [6.45, 7) is 4.65. The first kappa shape index (κ1) is 66.9. The van der Waals surface area contributed by atoms with Gasteiger partial charge in [-0.15, -0.1) is 0 Å². The van der Waals surface area contributed by atoms with Crippen molar-refractivity contribution in [1.82, 2.24) is 5.32 Å². The summed E-state index contributed by atoms with van der Waals surface area (Å²) in [4.78, 5) is 23.2. The molecule has 0 saturated heterocycles. The summed E-state index contributed by atoms with van der Waals surface area (Å²) >= 11 is 0. The SMILES string of the molecule is CC/C=C\C/C=C\C/C=C\C/C=C\C/C=C\C/C=C\C/C=C\C/C=C\C/C=C\CCCCCCCCCCCCCC(=O)NC(COP(=O)(O)OCC[N+](C)(C)C)C(O)/C=C/CCCCCCCCC. The van der Waals surface area contributed by atoms with E-state index in [1.54, 1.807) is 6.08 Å². The lowest BCUT2D eigenvalue weighted by Gasteiger charge is -2.25. The van der Waals surface area contributed by atoms with E-state index < -0.39 is 20.0 Å². The molecule has 0 spiro atoms. The first-order chi connectivity index (χ1) is 34.0. The van der Waals surface area contributed by atoms with Crippen molar-refractivity contribution in [3.63, 3.8) is 0 Å². The first-order valence-corrected chi connectivity index (χ1v) is 29.4. The van der Waals surface area contributed by atoms with Crippen LogP contribution in [0.15, 0.2) is 122 Å². The minimum absolute atomic E-state index is 0.0556. The van der Waals surface area contributed by atoms with Crippen molar-refractivity contribution < 1.29 is 32.9 Å². The third-order valence-corrected chi connectivity index (χ3v) is 12.7. The Bertz CT molecular complexity index is 1550. The van der Waals surface area contributed by atoms with E-state index in [-0.39, 0.29) is 19.1 Å². The number of hydrogen-bond acceptors (Lipinski definition) is 5. The number of rotatable bonds is 49. The molecular formula is C61H106N2O6P+. The molecule has 0 aromatic heterocycles. The number of hydrogen-bond donors (Lipinski definition) is 3. The van der Waals surface area contributed by atoms with E-state index >= 15 is 0 Å². The highest BCUT2D eigenvalue weighted by Gasteiger charge is 2.27. The number of nitrogens with zero attached hydrogens (tertiary/aromatic N) is 1. The molecule has 0 fully saturated rings. The Kier molecular flexibility index (Phi) is 48.6. The smallest absolute Gasteiger partial charge is 0.387 e. The van der Waals surface area contributed by atoms with Crippen LogP contribution in [0.2, 0.25) is 0 Å². The fourth-order valence-corrected chi connectivity index (χ4v) is 8.06. The lowest BCUT2D eigenvalue weighted by Crippen LogP contribution is -2.45. The predicted octanol–water partition coefficient (Wildman–Crippen LogP) is 17.0. The van der Waals surface area contributed by atoms with Crippen molar-refractivity contribution in [2.75, 3.05) is 40.9 Å². The molecule has 8 nitrogen and oxygen atoms in total. The topological polar surface area (TPSA) is 105 Å². The van der Waals surface area contributed by atoms with E-state index in [0.29, 0.717) is 17.4 Å². The summed E-state index contributed by atoms with van der Waals surface area (Å²) in [5.41, 5.74) is 0. The second-order valence-electron chi connectivity index (χ2n) is 19.6. The van der Waals surface area contributed by atoms with Gasteiger partial charge in [-0.1, -0.05) is 232 Å². The molecule has 0 radical (unpaired) electrons. The van der Waals surface area contributed by atoms with E-state index in [4.69, 9.17) is 9.05 Å². The minimum Gasteiger partial charge on any atom is -0.387 e. The lowest BCUT2D eigenvalue weighted by atomic mass is 10.0. The minimum atomic E-state index is -4.34. The van der Waals surface area contributed by atoms with Crippen LogP contribution in [0.3, 0.4) is 0 Å². The molecule has 3 atom stereocenters. The molecular weight excluding hydrogens is 888 g/mol. The average Bonchev–Trinajstić information content (AvgIpc) is 3.32. The second kappa shape index (κ2) is 50.8. The van der Waals surface area contributed by atoms with Gasteiger partial charge in [0.25, 0.3) is 0 Å². The number of phosphoric acid groups is 1. The van der Waals surface area contributed by atoms with Crippen LogP contribution in [0, 0.1) is 0 Å².